The van der Waals surface area contributed by atoms with Crippen molar-refractivity contribution in [3.8, 4) is 0 Å². The number of nitrogens with zero attached hydrogens (tertiary/aromatic N) is 2. The van der Waals surface area contributed by atoms with E-state index in [0.717, 1.165) is 31.2 Å². The number of benzene rings is 1. The predicted octanol–water partition coefficient (Wildman–Crippen LogP) is 2.64. The first-order valence-electron chi connectivity index (χ1n) is 7.05. The first kappa shape index (κ1) is 14.9. The second kappa shape index (κ2) is 5.89. The van der Waals surface area contributed by atoms with Crippen LogP contribution in [0.5, 0.6) is 0 Å². The molecule has 0 heterocycles. The topological polar surface area (TPSA) is 66.6 Å². The molecule has 0 bridgehead atoms. The lowest BCUT2D eigenvalue weighted by Gasteiger charge is -2.28. The maximum atomic E-state index is 10.9. The Kier molecular flexibility index (Phi) is 4.40. The van der Waals surface area contributed by atoms with Crippen molar-refractivity contribution in [2.45, 2.75) is 44.8 Å². The molecule has 0 radical (unpaired) electrons. The van der Waals surface area contributed by atoms with Crippen LogP contribution in [0.3, 0.4) is 0 Å². The van der Waals surface area contributed by atoms with E-state index in [0.29, 0.717) is 18.7 Å². The molecule has 0 aliphatic heterocycles. The van der Waals surface area contributed by atoms with Gasteiger partial charge in [-0.15, -0.1) is 0 Å². The Morgan fingerprint density at radius 3 is 2.65 bits per heavy atom. The molecule has 1 aromatic carbocycles. The van der Waals surface area contributed by atoms with E-state index in [1.165, 1.54) is 6.07 Å². The molecule has 0 saturated heterocycles. The highest BCUT2D eigenvalue weighted by Crippen LogP contribution is 2.30. The third-order valence-corrected chi connectivity index (χ3v) is 4.15. The van der Waals surface area contributed by atoms with Crippen molar-refractivity contribution in [2.24, 2.45) is 0 Å². The number of nitro groups is 1. The third-order valence-electron chi connectivity index (χ3n) is 4.15. The zero-order chi connectivity index (χ0) is 14.8. The van der Waals surface area contributed by atoms with E-state index in [1.54, 1.807) is 13.0 Å². The first-order valence-corrected chi connectivity index (χ1v) is 7.05. The van der Waals surface area contributed by atoms with E-state index in [4.69, 9.17) is 0 Å². The summed E-state index contributed by atoms with van der Waals surface area (Å²) in [5.74, 6) is 0. The number of rotatable bonds is 5. The fraction of sp³-hybridized carbons (Fsp3) is 0.600. The maximum Gasteiger partial charge on any atom is 0.272 e. The summed E-state index contributed by atoms with van der Waals surface area (Å²) in [6.07, 6.45) is 3.87. The minimum absolute atomic E-state index is 0.162. The molecule has 0 atom stereocenters. The molecular weight excluding hydrogens is 256 g/mol. The summed E-state index contributed by atoms with van der Waals surface area (Å²) in [7, 11) is 1.95. The van der Waals surface area contributed by atoms with Crippen LogP contribution in [0.15, 0.2) is 18.2 Å². The summed E-state index contributed by atoms with van der Waals surface area (Å²) in [4.78, 5) is 12.7. The molecule has 5 nitrogen and oxygen atoms in total. The molecule has 2 rings (SSSR count). The van der Waals surface area contributed by atoms with Gasteiger partial charge in [-0.2, -0.15) is 0 Å². The van der Waals surface area contributed by atoms with Crippen LogP contribution >= 0.6 is 0 Å². The molecular formula is C15H22N2O3. The summed E-state index contributed by atoms with van der Waals surface area (Å²) in [6.45, 7) is 3.02. The lowest BCUT2D eigenvalue weighted by atomic mass is 10.0. The van der Waals surface area contributed by atoms with E-state index in [-0.39, 0.29) is 10.6 Å². The Labute approximate surface area is 119 Å². The summed E-state index contributed by atoms with van der Waals surface area (Å²) in [5.41, 5.74) is 1.24. The number of hydrogen-bond acceptors (Lipinski definition) is 4. The Hall–Kier alpha value is -1.46. The standard InChI is InChI=1S/C15H22N2O3/c1-12-13(6-5-7-14(12)17(19)20)10-16(2)11-15(18)8-3-4-9-15/h5-7,18H,3-4,8-11H2,1-2H3. The van der Waals surface area contributed by atoms with Gasteiger partial charge in [-0.3, -0.25) is 15.0 Å². The van der Waals surface area contributed by atoms with Gasteiger partial charge in [0, 0.05) is 24.7 Å². The zero-order valence-corrected chi connectivity index (χ0v) is 12.1. The summed E-state index contributed by atoms with van der Waals surface area (Å²) in [5, 5.41) is 21.3. The normalized spacial score (nSPS) is 17.6. The fourth-order valence-corrected chi connectivity index (χ4v) is 3.08. The predicted molar refractivity (Wildman–Crippen MR) is 77.6 cm³/mol. The molecule has 5 heteroatoms. The lowest BCUT2D eigenvalue weighted by molar-refractivity contribution is -0.385. The second-order valence-electron chi connectivity index (χ2n) is 5.92. The van der Waals surface area contributed by atoms with Gasteiger partial charge >= 0.3 is 0 Å². The van der Waals surface area contributed by atoms with Gasteiger partial charge in [0.1, 0.15) is 0 Å². The van der Waals surface area contributed by atoms with E-state index >= 15 is 0 Å². The van der Waals surface area contributed by atoms with Crippen molar-refractivity contribution >= 4 is 5.69 Å². The Balaban J connectivity index is 2.06. The van der Waals surface area contributed by atoms with Gasteiger partial charge in [0.05, 0.1) is 10.5 Å². The summed E-state index contributed by atoms with van der Waals surface area (Å²) < 4.78 is 0. The minimum atomic E-state index is -0.580. The Morgan fingerprint density at radius 2 is 2.05 bits per heavy atom. The molecule has 1 fully saturated rings. The quantitative estimate of drug-likeness (QED) is 0.664. The van der Waals surface area contributed by atoms with Crippen molar-refractivity contribution < 1.29 is 10.0 Å². The molecule has 0 aromatic heterocycles. The van der Waals surface area contributed by atoms with Crippen LogP contribution in [0.25, 0.3) is 0 Å². The fourth-order valence-electron chi connectivity index (χ4n) is 3.08. The average Bonchev–Trinajstić information content (AvgIpc) is 2.77. The largest absolute Gasteiger partial charge is 0.389 e. The van der Waals surface area contributed by atoms with Gasteiger partial charge in [-0.1, -0.05) is 25.0 Å². The highest BCUT2D eigenvalue weighted by molar-refractivity contribution is 5.44. The Morgan fingerprint density at radius 1 is 1.40 bits per heavy atom. The molecule has 0 spiro atoms. The molecule has 0 unspecified atom stereocenters. The molecule has 1 saturated carbocycles. The maximum absolute atomic E-state index is 10.9. The number of hydrogen-bond donors (Lipinski definition) is 1. The van der Waals surface area contributed by atoms with Crippen LogP contribution in [-0.4, -0.2) is 34.1 Å². The summed E-state index contributed by atoms with van der Waals surface area (Å²) >= 11 is 0. The molecule has 110 valence electrons. The third kappa shape index (κ3) is 3.35. The smallest absolute Gasteiger partial charge is 0.272 e. The minimum Gasteiger partial charge on any atom is -0.389 e. The van der Waals surface area contributed by atoms with Gasteiger partial charge in [-0.25, -0.2) is 0 Å². The van der Waals surface area contributed by atoms with Gasteiger partial charge < -0.3 is 5.11 Å². The molecule has 0 amide bonds. The van der Waals surface area contributed by atoms with Crippen molar-refractivity contribution in [3.05, 3.63) is 39.4 Å². The van der Waals surface area contributed by atoms with Crippen molar-refractivity contribution in [1.29, 1.82) is 0 Å². The number of aliphatic hydroxyl groups is 1. The number of nitro benzene ring substituents is 1. The molecule has 20 heavy (non-hydrogen) atoms. The lowest BCUT2D eigenvalue weighted by Crippen LogP contribution is -2.38. The van der Waals surface area contributed by atoms with Gasteiger partial charge in [0.15, 0.2) is 0 Å². The van der Waals surface area contributed by atoms with Crippen molar-refractivity contribution in [1.82, 2.24) is 4.90 Å². The van der Waals surface area contributed by atoms with Crippen LogP contribution < -0.4 is 0 Å². The second-order valence-corrected chi connectivity index (χ2v) is 5.92. The van der Waals surface area contributed by atoms with E-state index in [2.05, 4.69) is 4.90 Å². The van der Waals surface area contributed by atoms with Gasteiger partial charge in [0.25, 0.3) is 5.69 Å². The van der Waals surface area contributed by atoms with E-state index in [9.17, 15) is 15.2 Å². The van der Waals surface area contributed by atoms with Crippen LogP contribution in [0.1, 0.15) is 36.8 Å². The van der Waals surface area contributed by atoms with E-state index in [1.807, 2.05) is 13.1 Å². The van der Waals surface area contributed by atoms with Crippen LogP contribution in [0, 0.1) is 17.0 Å². The highest BCUT2D eigenvalue weighted by Gasteiger charge is 2.32. The zero-order valence-electron chi connectivity index (χ0n) is 12.1. The van der Waals surface area contributed by atoms with Gasteiger partial charge in [-0.05, 0) is 32.4 Å². The Bertz CT molecular complexity index is 496. The van der Waals surface area contributed by atoms with Crippen LogP contribution in [-0.2, 0) is 6.54 Å². The molecule has 1 N–H and O–H groups in total. The molecule has 1 aliphatic carbocycles. The highest BCUT2D eigenvalue weighted by atomic mass is 16.6. The SMILES string of the molecule is Cc1c(CN(C)CC2(O)CCCC2)cccc1[N+](=O)[O-]. The number of likely N-dealkylation sites (N-methyl/N-ethyl adjacent to an activating group) is 1. The van der Waals surface area contributed by atoms with Crippen LogP contribution in [0.4, 0.5) is 5.69 Å². The molecule has 1 aliphatic rings. The van der Waals surface area contributed by atoms with Crippen molar-refractivity contribution in [2.75, 3.05) is 13.6 Å². The average molecular weight is 278 g/mol. The monoisotopic (exact) mass is 278 g/mol. The first-order chi connectivity index (χ1) is 9.41. The van der Waals surface area contributed by atoms with Gasteiger partial charge in [0.2, 0.25) is 0 Å². The summed E-state index contributed by atoms with van der Waals surface area (Å²) in [6, 6.07) is 5.17. The van der Waals surface area contributed by atoms with Crippen molar-refractivity contribution in [3.63, 3.8) is 0 Å². The van der Waals surface area contributed by atoms with Crippen LogP contribution in [0.2, 0.25) is 0 Å². The van der Waals surface area contributed by atoms with E-state index < -0.39 is 5.60 Å². The molecule has 1 aromatic rings.